The molecule has 6 nitrogen and oxygen atoms in total. The number of nitrogens with zero attached hydrogens (tertiary/aromatic N) is 2. The van der Waals surface area contributed by atoms with Gasteiger partial charge in [0.1, 0.15) is 18.1 Å². The van der Waals surface area contributed by atoms with Crippen LogP contribution >= 0.6 is 0 Å². The zero-order valence-corrected chi connectivity index (χ0v) is 16.0. The molecule has 0 radical (unpaired) electrons. The molecule has 2 aliphatic rings. The van der Waals surface area contributed by atoms with Crippen molar-refractivity contribution in [2.45, 2.75) is 35.6 Å². The Morgan fingerprint density at radius 2 is 1.86 bits per heavy atom. The lowest BCUT2D eigenvalue weighted by molar-refractivity contribution is -0.121. The third-order valence-corrected chi connectivity index (χ3v) is 7.45. The van der Waals surface area contributed by atoms with E-state index in [1.807, 2.05) is 12.1 Å². The van der Waals surface area contributed by atoms with Gasteiger partial charge >= 0.3 is 0 Å². The highest BCUT2D eigenvalue weighted by atomic mass is 32.2. The number of pyridine rings is 1. The molecule has 2 atom stereocenters. The van der Waals surface area contributed by atoms with Crippen molar-refractivity contribution in [1.29, 1.82) is 0 Å². The van der Waals surface area contributed by atoms with Crippen molar-refractivity contribution in [3.63, 3.8) is 0 Å². The van der Waals surface area contributed by atoms with Crippen LogP contribution in [0, 0.1) is 5.92 Å². The minimum atomic E-state index is -3.92. The lowest BCUT2D eigenvalue weighted by Gasteiger charge is -2.29. The standard InChI is InChI=1S/C21H20N2O4S/c24-20-8-4-7-19(20)21(28(25,26)18-5-2-1-3-6-18)13-17(14-23-21)27-15-16-9-11-22-12-10-16/h1-3,5-6,9-14,19H,4,7-8,15H2. The highest BCUT2D eigenvalue weighted by Crippen LogP contribution is 2.44. The number of rotatable bonds is 6. The summed E-state index contributed by atoms with van der Waals surface area (Å²) in [4.78, 5) is 19.4. The molecule has 1 aromatic heterocycles. The molecule has 1 aromatic carbocycles. The van der Waals surface area contributed by atoms with Crippen LogP contribution in [0.3, 0.4) is 0 Å². The van der Waals surface area contributed by atoms with E-state index >= 15 is 0 Å². The topological polar surface area (TPSA) is 85.7 Å². The van der Waals surface area contributed by atoms with Gasteiger partial charge in [-0.3, -0.25) is 14.8 Å². The number of aliphatic imine (C=N–C) groups is 1. The highest BCUT2D eigenvalue weighted by Gasteiger charge is 2.55. The SMILES string of the molecule is O=C1CCCC1C1(S(=O)(=O)c2ccccc2)C=C(OCc2ccncc2)C=N1. The molecule has 28 heavy (non-hydrogen) atoms. The lowest BCUT2D eigenvalue weighted by Crippen LogP contribution is -2.43. The van der Waals surface area contributed by atoms with Crippen LogP contribution in [0.15, 0.2) is 76.6 Å². The minimum absolute atomic E-state index is 0.0664. The summed E-state index contributed by atoms with van der Waals surface area (Å²) in [5.74, 6) is -0.407. The predicted molar refractivity (Wildman–Crippen MR) is 104 cm³/mol. The molecule has 2 aromatic rings. The van der Waals surface area contributed by atoms with Crippen LogP contribution in [0.4, 0.5) is 0 Å². The fourth-order valence-electron chi connectivity index (χ4n) is 3.73. The van der Waals surface area contributed by atoms with Crippen molar-refractivity contribution in [2.75, 3.05) is 0 Å². The number of hydrogen-bond donors (Lipinski definition) is 0. The van der Waals surface area contributed by atoms with Crippen LogP contribution in [0.1, 0.15) is 24.8 Å². The van der Waals surface area contributed by atoms with E-state index in [2.05, 4.69) is 9.98 Å². The van der Waals surface area contributed by atoms with Crippen molar-refractivity contribution >= 4 is 21.8 Å². The minimum Gasteiger partial charge on any atom is -0.488 e. The second kappa shape index (κ2) is 7.31. The number of ketones is 1. The van der Waals surface area contributed by atoms with Gasteiger partial charge in [-0.2, -0.15) is 0 Å². The number of allylic oxidation sites excluding steroid dienone is 1. The van der Waals surface area contributed by atoms with Crippen molar-refractivity contribution < 1.29 is 17.9 Å². The Kier molecular flexibility index (Phi) is 4.85. The van der Waals surface area contributed by atoms with Gasteiger partial charge in [0.25, 0.3) is 0 Å². The van der Waals surface area contributed by atoms with E-state index in [0.717, 1.165) is 5.56 Å². The molecule has 2 unspecified atom stereocenters. The normalized spacial score (nSPS) is 24.4. The molecule has 2 heterocycles. The fraction of sp³-hybridized carbons (Fsp3) is 0.286. The van der Waals surface area contributed by atoms with E-state index in [1.54, 1.807) is 30.6 Å². The largest absolute Gasteiger partial charge is 0.488 e. The predicted octanol–water partition coefficient (Wildman–Crippen LogP) is 3.11. The van der Waals surface area contributed by atoms with Gasteiger partial charge in [0, 0.05) is 24.9 Å². The molecular weight excluding hydrogens is 376 g/mol. The second-order valence-electron chi connectivity index (χ2n) is 6.93. The Balaban J connectivity index is 1.71. The second-order valence-corrected chi connectivity index (χ2v) is 9.06. The molecule has 4 rings (SSSR count). The third-order valence-electron chi connectivity index (χ3n) is 5.19. The quantitative estimate of drug-likeness (QED) is 0.749. The van der Waals surface area contributed by atoms with Gasteiger partial charge in [-0.1, -0.05) is 18.2 Å². The van der Waals surface area contributed by atoms with Crippen molar-refractivity contribution in [3.8, 4) is 0 Å². The smallest absolute Gasteiger partial charge is 0.208 e. The van der Waals surface area contributed by atoms with Crippen molar-refractivity contribution in [3.05, 3.63) is 72.3 Å². The first-order valence-corrected chi connectivity index (χ1v) is 10.6. The summed E-state index contributed by atoms with van der Waals surface area (Å²) >= 11 is 0. The van der Waals surface area contributed by atoms with Crippen LogP contribution in [0.25, 0.3) is 0 Å². The molecular formula is C21H20N2O4S. The van der Waals surface area contributed by atoms with Crippen molar-refractivity contribution in [2.24, 2.45) is 10.9 Å². The van der Waals surface area contributed by atoms with Crippen LogP contribution in [-0.4, -0.2) is 30.3 Å². The first-order valence-electron chi connectivity index (χ1n) is 9.15. The number of sulfone groups is 1. The van der Waals surface area contributed by atoms with Gasteiger partial charge in [-0.05, 0) is 42.7 Å². The number of ether oxygens (including phenoxy) is 1. The number of hydrogen-bond acceptors (Lipinski definition) is 6. The summed E-state index contributed by atoms with van der Waals surface area (Å²) in [7, 11) is -3.92. The molecule has 0 spiro atoms. The lowest BCUT2D eigenvalue weighted by atomic mass is 9.97. The summed E-state index contributed by atoms with van der Waals surface area (Å²) in [6, 6.07) is 11.8. The van der Waals surface area contributed by atoms with E-state index in [9.17, 15) is 13.2 Å². The van der Waals surface area contributed by atoms with Gasteiger partial charge in [-0.15, -0.1) is 0 Å². The Labute approximate surface area is 163 Å². The van der Waals surface area contributed by atoms with E-state index in [0.29, 0.717) is 25.0 Å². The Bertz CT molecular complexity index is 1030. The Morgan fingerprint density at radius 3 is 2.54 bits per heavy atom. The molecule has 0 saturated heterocycles. The Morgan fingerprint density at radius 1 is 1.11 bits per heavy atom. The summed E-state index contributed by atoms with van der Waals surface area (Å²) in [5.41, 5.74) is 0.907. The number of carbonyl (C=O) groups is 1. The number of benzene rings is 1. The van der Waals surface area contributed by atoms with Gasteiger partial charge < -0.3 is 4.74 Å². The van der Waals surface area contributed by atoms with Crippen LogP contribution in [0.2, 0.25) is 0 Å². The van der Waals surface area contributed by atoms with Gasteiger partial charge in [0.15, 0.2) is 4.87 Å². The van der Waals surface area contributed by atoms with E-state index < -0.39 is 20.6 Å². The summed E-state index contributed by atoms with van der Waals surface area (Å²) < 4.78 is 32.8. The maximum absolute atomic E-state index is 13.5. The van der Waals surface area contributed by atoms with Crippen molar-refractivity contribution in [1.82, 2.24) is 4.98 Å². The average Bonchev–Trinajstić information content (AvgIpc) is 3.35. The van der Waals surface area contributed by atoms with E-state index in [1.165, 1.54) is 24.4 Å². The average molecular weight is 396 g/mol. The van der Waals surface area contributed by atoms with E-state index in [4.69, 9.17) is 4.74 Å². The van der Waals surface area contributed by atoms with Crippen LogP contribution in [0.5, 0.6) is 0 Å². The van der Waals surface area contributed by atoms with Crippen LogP contribution in [-0.2, 0) is 26.0 Å². The first kappa shape index (κ1) is 18.6. The number of Topliss-reactive ketones (excluding diaryl/α,β-unsaturated/α-hetero) is 1. The summed E-state index contributed by atoms with van der Waals surface area (Å²) in [6.45, 7) is 0.264. The monoisotopic (exact) mass is 396 g/mol. The summed E-state index contributed by atoms with van der Waals surface area (Å²) in [6.07, 6.45) is 7.81. The fourth-order valence-corrected chi connectivity index (χ4v) is 5.71. The molecule has 0 N–H and O–H groups in total. The number of carbonyl (C=O) groups excluding carboxylic acids is 1. The molecule has 0 bridgehead atoms. The number of aromatic nitrogens is 1. The van der Waals surface area contributed by atoms with E-state index in [-0.39, 0.29) is 17.3 Å². The first-order chi connectivity index (χ1) is 13.5. The molecule has 1 aliphatic heterocycles. The zero-order chi connectivity index (χ0) is 19.6. The molecule has 1 fully saturated rings. The zero-order valence-electron chi connectivity index (χ0n) is 15.2. The molecule has 0 amide bonds. The van der Waals surface area contributed by atoms with Gasteiger partial charge in [0.05, 0.1) is 17.0 Å². The van der Waals surface area contributed by atoms with Gasteiger partial charge in [0.2, 0.25) is 9.84 Å². The maximum Gasteiger partial charge on any atom is 0.208 e. The van der Waals surface area contributed by atoms with Gasteiger partial charge in [-0.25, -0.2) is 8.42 Å². The Hall–Kier alpha value is -2.80. The molecule has 7 heteroatoms. The third kappa shape index (κ3) is 3.16. The molecule has 1 saturated carbocycles. The summed E-state index contributed by atoms with van der Waals surface area (Å²) in [5, 5.41) is 0. The van der Waals surface area contributed by atoms with Crippen LogP contribution < -0.4 is 0 Å². The molecule has 1 aliphatic carbocycles. The highest BCUT2D eigenvalue weighted by molar-refractivity contribution is 7.93. The molecule has 144 valence electrons. The maximum atomic E-state index is 13.5.